The maximum absolute atomic E-state index is 13.4. The summed E-state index contributed by atoms with van der Waals surface area (Å²) in [7, 11) is 0. The van der Waals surface area contributed by atoms with E-state index in [9.17, 15) is 18.0 Å². The first-order chi connectivity index (χ1) is 11.8. The smallest absolute Gasteiger partial charge is 0.367 e. The molecule has 1 aliphatic carbocycles. The highest BCUT2D eigenvalue weighted by molar-refractivity contribution is 7.15. The average molecular weight is 372 g/mol. The van der Waals surface area contributed by atoms with Crippen LogP contribution in [0.2, 0.25) is 0 Å². The zero-order chi connectivity index (χ0) is 17.8. The van der Waals surface area contributed by atoms with Gasteiger partial charge in [-0.05, 0) is 32.1 Å². The first-order valence-corrected chi connectivity index (χ1v) is 8.67. The maximum atomic E-state index is 13.4. The van der Waals surface area contributed by atoms with E-state index in [2.05, 4.69) is 25.9 Å². The first-order valence-electron chi connectivity index (χ1n) is 7.85. The number of halogens is 3. The maximum Gasteiger partial charge on any atom is 0.410 e. The van der Waals surface area contributed by atoms with Gasteiger partial charge in [0.25, 0.3) is 5.91 Å². The summed E-state index contributed by atoms with van der Waals surface area (Å²) in [5.74, 6) is -0.122. The highest BCUT2D eigenvalue weighted by Gasteiger charge is 2.49. The third-order valence-corrected chi connectivity index (χ3v) is 5.14. The molecule has 25 heavy (non-hydrogen) atoms. The molecule has 2 atom stereocenters. The Kier molecular flexibility index (Phi) is 3.71. The predicted octanol–water partition coefficient (Wildman–Crippen LogP) is 2.99. The second-order valence-electron chi connectivity index (χ2n) is 6.32. The Balaban J connectivity index is 1.61. The Morgan fingerprint density at radius 3 is 2.76 bits per heavy atom. The molecule has 0 spiro atoms. The Bertz CT molecular complexity index is 812. The number of nitrogens with zero attached hydrogens (tertiary/aromatic N) is 4. The number of amides is 1. The van der Waals surface area contributed by atoms with E-state index in [-0.39, 0.29) is 35.0 Å². The number of aromatic nitrogens is 4. The largest absolute Gasteiger partial charge is 0.410 e. The van der Waals surface area contributed by atoms with Gasteiger partial charge >= 0.3 is 6.18 Å². The zero-order valence-corrected chi connectivity index (χ0v) is 14.0. The minimum Gasteiger partial charge on any atom is -0.367 e. The fourth-order valence-electron chi connectivity index (χ4n) is 3.03. The molecule has 7 nitrogen and oxygen atoms in total. The van der Waals surface area contributed by atoms with Crippen LogP contribution >= 0.6 is 11.3 Å². The van der Waals surface area contributed by atoms with Gasteiger partial charge in [0.15, 0.2) is 11.7 Å². The topological polar surface area (TPSA) is 84.7 Å². The molecule has 4 rings (SSSR count). The quantitative estimate of drug-likeness (QED) is 0.865. The number of hydrogen-bond acceptors (Lipinski definition) is 6. The van der Waals surface area contributed by atoms with E-state index in [0.717, 1.165) is 17.5 Å². The van der Waals surface area contributed by atoms with E-state index in [4.69, 9.17) is 0 Å². The number of carbonyl (C=O) groups excluding carboxylic acids is 1. The monoisotopic (exact) mass is 372 g/mol. The van der Waals surface area contributed by atoms with Gasteiger partial charge in [-0.25, -0.2) is 4.68 Å². The van der Waals surface area contributed by atoms with Crippen LogP contribution in [-0.4, -0.2) is 38.1 Å². The number of fused-ring (bicyclic) bond motifs is 1. The number of alkyl halides is 3. The second kappa shape index (κ2) is 5.68. The average Bonchev–Trinajstić information content (AvgIpc) is 3.17. The van der Waals surface area contributed by atoms with Gasteiger partial charge in [-0.15, -0.1) is 10.2 Å². The molecule has 11 heteroatoms. The molecule has 1 fully saturated rings. The molecular weight excluding hydrogens is 357 g/mol. The summed E-state index contributed by atoms with van der Waals surface area (Å²) >= 11 is 1.18. The molecule has 0 aromatic carbocycles. The predicted molar refractivity (Wildman–Crippen MR) is 84.7 cm³/mol. The van der Waals surface area contributed by atoms with Crippen LogP contribution in [0.3, 0.4) is 0 Å². The molecule has 2 aromatic heterocycles. The van der Waals surface area contributed by atoms with Gasteiger partial charge in [0.2, 0.25) is 5.13 Å². The normalized spacial score (nSPS) is 23.0. The van der Waals surface area contributed by atoms with Crippen molar-refractivity contribution in [2.75, 3.05) is 10.6 Å². The van der Waals surface area contributed by atoms with E-state index < -0.39 is 18.1 Å². The molecule has 2 aliphatic rings. The van der Waals surface area contributed by atoms with Crippen molar-refractivity contribution in [1.29, 1.82) is 0 Å². The Labute approximate surface area is 144 Å². The Hall–Kier alpha value is -2.17. The van der Waals surface area contributed by atoms with Gasteiger partial charge in [0.05, 0.1) is 0 Å². The van der Waals surface area contributed by atoms with E-state index in [1.54, 1.807) is 6.92 Å². The summed E-state index contributed by atoms with van der Waals surface area (Å²) in [6, 6.07) is -0.603. The van der Waals surface area contributed by atoms with Crippen molar-refractivity contribution in [3.63, 3.8) is 0 Å². The van der Waals surface area contributed by atoms with Gasteiger partial charge in [0.1, 0.15) is 10.8 Å². The molecule has 0 radical (unpaired) electrons. The fraction of sp³-hybridized carbons (Fsp3) is 0.571. The second-order valence-corrected chi connectivity index (χ2v) is 7.50. The standard InChI is InChI=1S/C14H15F3N6OS/c1-6-20-21-13(25-6)19-12(24)9-5-11-18-8(7-2-3-7)4-10(14(15,16)17)23(11)22-9/h5,7-8,10,18H,2-4H2,1H3,(H,19,21,24)/t8-,10-/m1/s1. The van der Waals surface area contributed by atoms with E-state index in [1.807, 2.05) is 0 Å². The Morgan fingerprint density at radius 1 is 1.40 bits per heavy atom. The summed E-state index contributed by atoms with van der Waals surface area (Å²) in [6.07, 6.45) is -2.63. The molecule has 2 N–H and O–H groups in total. The lowest BCUT2D eigenvalue weighted by molar-refractivity contribution is -0.174. The number of rotatable bonds is 3. The van der Waals surface area contributed by atoms with Crippen LogP contribution in [0.4, 0.5) is 24.1 Å². The van der Waals surface area contributed by atoms with Crippen molar-refractivity contribution in [3.8, 4) is 0 Å². The van der Waals surface area contributed by atoms with E-state index in [1.165, 1.54) is 17.4 Å². The van der Waals surface area contributed by atoms with Gasteiger partial charge in [-0.2, -0.15) is 18.3 Å². The summed E-state index contributed by atoms with van der Waals surface area (Å²) in [4.78, 5) is 12.3. The summed E-state index contributed by atoms with van der Waals surface area (Å²) < 4.78 is 41.2. The molecule has 0 bridgehead atoms. The van der Waals surface area contributed by atoms with E-state index in [0.29, 0.717) is 5.01 Å². The van der Waals surface area contributed by atoms with Crippen LogP contribution < -0.4 is 10.6 Å². The molecule has 134 valence electrons. The number of carbonyl (C=O) groups is 1. The summed E-state index contributed by atoms with van der Waals surface area (Å²) in [5, 5.41) is 18.0. The minimum atomic E-state index is -4.42. The summed E-state index contributed by atoms with van der Waals surface area (Å²) in [6.45, 7) is 1.73. The van der Waals surface area contributed by atoms with Gasteiger partial charge < -0.3 is 5.32 Å². The third-order valence-electron chi connectivity index (χ3n) is 4.39. The first kappa shape index (κ1) is 16.3. The van der Waals surface area contributed by atoms with Crippen molar-refractivity contribution in [2.24, 2.45) is 5.92 Å². The minimum absolute atomic E-state index is 0.0699. The summed E-state index contributed by atoms with van der Waals surface area (Å²) in [5.41, 5.74) is -0.0824. The lowest BCUT2D eigenvalue weighted by Gasteiger charge is -2.33. The van der Waals surface area contributed by atoms with Crippen LogP contribution in [0.1, 0.15) is 40.8 Å². The van der Waals surface area contributed by atoms with Crippen molar-refractivity contribution in [1.82, 2.24) is 20.0 Å². The molecule has 1 aliphatic heterocycles. The molecule has 0 saturated heterocycles. The molecular formula is C14H15F3N6OS. The fourth-order valence-corrected chi connectivity index (χ4v) is 3.62. The SMILES string of the molecule is Cc1nnc(NC(=O)c2cc3n(n2)[C@@H](C(F)(F)F)C[C@H](C2CC2)N3)s1. The highest BCUT2D eigenvalue weighted by atomic mass is 32.1. The molecule has 3 heterocycles. The number of nitrogens with one attached hydrogen (secondary N) is 2. The van der Waals surface area contributed by atoms with Crippen LogP contribution in [0.25, 0.3) is 0 Å². The van der Waals surface area contributed by atoms with Crippen molar-refractivity contribution < 1.29 is 18.0 Å². The third kappa shape index (κ3) is 3.20. The van der Waals surface area contributed by atoms with Gasteiger partial charge in [-0.3, -0.25) is 10.1 Å². The lowest BCUT2D eigenvalue weighted by Crippen LogP contribution is -2.40. The molecule has 0 unspecified atom stereocenters. The van der Waals surface area contributed by atoms with E-state index >= 15 is 0 Å². The number of hydrogen-bond donors (Lipinski definition) is 2. The highest BCUT2D eigenvalue weighted by Crippen LogP contribution is 2.45. The lowest BCUT2D eigenvalue weighted by atomic mass is 10.0. The van der Waals surface area contributed by atoms with Crippen molar-refractivity contribution in [2.45, 2.75) is 44.4 Å². The van der Waals surface area contributed by atoms with Crippen molar-refractivity contribution >= 4 is 28.2 Å². The Morgan fingerprint density at radius 2 is 2.16 bits per heavy atom. The van der Waals surface area contributed by atoms with Crippen molar-refractivity contribution in [3.05, 3.63) is 16.8 Å². The van der Waals surface area contributed by atoms with Crippen LogP contribution in [-0.2, 0) is 0 Å². The zero-order valence-electron chi connectivity index (χ0n) is 13.2. The molecule has 1 amide bonds. The van der Waals surface area contributed by atoms with Crippen LogP contribution in [0.15, 0.2) is 6.07 Å². The van der Waals surface area contributed by atoms with Crippen LogP contribution in [0, 0.1) is 12.8 Å². The number of aryl methyl sites for hydroxylation is 1. The van der Waals surface area contributed by atoms with Crippen LogP contribution in [0.5, 0.6) is 0 Å². The molecule has 2 aromatic rings. The molecule has 1 saturated carbocycles. The van der Waals surface area contributed by atoms with Gasteiger partial charge in [0, 0.05) is 12.1 Å². The number of anilines is 2. The van der Waals surface area contributed by atoms with Gasteiger partial charge in [-0.1, -0.05) is 11.3 Å².